The average Bonchev–Trinajstić information content (AvgIpc) is 2.50. The highest BCUT2D eigenvalue weighted by Crippen LogP contribution is 2.27. The quantitative estimate of drug-likeness (QED) is 0.446. The molecule has 0 aliphatic heterocycles. The molecule has 13 heavy (non-hydrogen) atoms. The van der Waals surface area contributed by atoms with Gasteiger partial charge in [-0.25, -0.2) is 0 Å². The number of allylic oxidation sites excluding steroid dienone is 2. The summed E-state index contributed by atoms with van der Waals surface area (Å²) in [5.41, 5.74) is 0. The minimum Gasteiger partial charge on any atom is -0.288 e. The lowest BCUT2D eigenvalue weighted by molar-refractivity contribution is 0.105. The summed E-state index contributed by atoms with van der Waals surface area (Å²) in [7, 11) is 0. The van der Waals surface area contributed by atoms with Gasteiger partial charge in [0.25, 0.3) is 0 Å². The summed E-state index contributed by atoms with van der Waals surface area (Å²) in [4.78, 5) is 11.9. The van der Waals surface area contributed by atoms with Crippen LogP contribution < -0.4 is 0 Å². The number of ketones is 1. The zero-order valence-corrected chi connectivity index (χ0v) is 9.42. The Balaban J connectivity index is 2.67. The Kier molecular flexibility index (Phi) is 3.80. The molecular weight excluding hydrogens is 251 g/mol. The summed E-state index contributed by atoms with van der Waals surface area (Å²) >= 11 is 17.7. The Morgan fingerprint density at radius 3 is 2.62 bits per heavy atom. The number of hydrogen-bond donors (Lipinski definition) is 0. The topological polar surface area (TPSA) is 17.1 Å². The molecule has 0 saturated heterocycles. The molecule has 1 aromatic heterocycles. The van der Waals surface area contributed by atoms with Gasteiger partial charge in [-0.15, -0.1) is 11.3 Å². The smallest absolute Gasteiger partial charge is 0.209 e. The maximum Gasteiger partial charge on any atom is 0.209 e. The highest BCUT2D eigenvalue weighted by atomic mass is 35.6. The minimum atomic E-state index is -1.51. The molecule has 1 aromatic rings. The van der Waals surface area contributed by atoms with Crippen molar-refractivity contribution in [2.45, 2.75) is 3.79 Å². The molecule has 0 bridgehead atoms. The molecule has 1 nitrogen and oxygen atoms in total. The van der Waals surface area contributed by atoms with E-state index in [1.807, 2.05) is 5.38 Å². The van der Waals surface area contributed by atoms with Crippen molar-refractivity contribution < 1.29 is 4.79 Å². The van der Waals surface area contributed by atoms with E-state index in [4.69, 9.17) is 34.8 Å². The number of alkyl halides is 3. The normalized spacial score (nSPS) is 12.2. The summed E-state index contributed by atoms with van der Waals surface area (Å²) in [5.74, 6) is -0.152. The lowest BCUT2D eigenvalue weighted by Crippen LogP contribution is -1.98. The van der Waals surface area contributed by atoms with E-state index in [9.17, 15) is 4.79 Å². The van der Waals surface area contributed by atoms with Gasteiger partial charge >= 0.3 is 0 Å². The fraction of sp³-hybridized carbons (Fsp3) is 0.125. The third kappa shape index (κ3) is 4.14. The van der Waals surface area contributed by atoms with Crippen LogP contribution in [-0.4, -0.2) is 9.58 Å². The van der Waals surface area contributed by atoms with Gasteiger partial charge in [0.1, 0.15) is 0 Å². The van der Waals surface area contributed by atoms with Crippen molar-refractivity contribution in [3.05, 3.63) is 34.5 Å². The third-order valence-electron chi connectivity index (χ3n) is 1.19. The molecule has 0 fully saturated rings. The van der Waals surface area contributed by atoms with Crippen molar-refractivity contribution >= 4 is 51.9 Å². The van der Waals surface area contributed by atoms with Crippen LogP contribution in [0.2, 0.25) is 0 Å². The fourth-order valence-electron chi connectivity index (χ4n) is 0.671. The van der Waals surface area contributed by atoms with E-state index in [1.54, 1.807) is 12.1 Å². The molecule has 0 saturated carbocycles. The third-order valence-corrected chi connectivity index (χ3v) is 2.45. The number of halogens is 3. The van der Waals surface area contributed by atoms with Gasteiger partial charge < -0.3 is 0 Å². The maximum atomic E-state index is 11.3. The van der Waals surface area contributed by atoms with Crippen LogP contribution in [0.1, 0.15) is 9.67 Å². The number of thiophene rings is 1. The fourth-order valence-corrected chi connectivity index (χ4v) is 1.51. The van der Waals surface area contributed by atoms with Crippen molar-refractivity contribution in [1.82, 2.24) is 0 Å². The largest absolute Gasteiger partial charge is 0.288 e. The van der Waals surface area contributed by atoms with Gasteiger partial charge in [0.2, 0.25) is 3.79 Å². The van der Waals surface area contributed by atoms with E-state index in [0.29, 0.717) is 4.88 Å². The predicted octanol–water partition coefficient (Wildman–Crippen LogP) is 3.86. The molecule has 0 unspecified atom stereocenters. The summed E-state index contributed by atoms with van der Waals surface area (Å²) in [6, 6.07) is 3.51. The maximum absolute atomic E-state index is 11.3. The van der Waals surface area contributed by atoms with Gasteiger partial charge in [0.05, 0.1) is 4.88 Å². The van der Waals surface area contributed by atoms with Gasteiger partial charge in [0, 0.05) is 0 Å². The first-order valence-corrected chi connectivity index (χ1v) is 5.34. The molecule has 5 heteroatoms. The molecule has 0 radical (unpaired) electrons. The van der Waals surface area contributed by atoms with Crippen LogP contribution in [0, 0.1) is 0 Å². The number of carbonyl (C=O) groups is 1. The Bertz CT molecular complexity index is 311. The first kappa shape index (κ1) is 11.1. The number of hydrogen-bond acceptors (Lipinski definition) is 2. The van der Waals surface area contributed by atoms with Crippen LogP contribution >= 0.6 is 46.1 Å². The van der Waals surface area contributed by atoms with E-state index < -0.39 is 3.79 Å². The molecule has 0 spiro atoms. The van der Waals surface area contributed by atoms with Crippen LogP contribution in [-0.2, 0) is 0 Å². The number of carbonyl (C=O) groups excluding carboxylic acids is 1. The van der Waals surface area contributed by atoms with E-state index >= 15 is 0 Å². The van der Waals surface area contributed by atoms with Crippen molar-refractivity contribution in [3.8, 4) is 0 Å². The molecule has 1 rings (SSSR count). The molecule has 0 aliphatic rings. The van der Waals surface area contributed by atoms with Crippen LogP contribution in [0.5, 0.6) is 0 Å². The lowest BCUT2D eigenvalue weighted by atomic mass is 10.3. The van der Waals surface area contributed by atoms with Crippen LogP contribution in [0.4, 0.5) is 0 Å². The van der Waals surface area contributed by atoms with E-state index in [0.717, 1.165) is 0 Å². The molecule has 0 atom stereocenters. The van der Waals surface area contributed by atoms with Crippen LogP contribution in [0.15, 0.2) is 29.7 Å². The van der Waals surface area contributed by atoms with Crippen molar-refractivity contribution in [3.63, 3.8) is 0 Å². The van der Waals surface area contributed by atoms with Crippen LogP contribution in [0.3, 0.4) is 0 Å². The van der Waals surface area contributed by atoms with E-state index in [1.165, 1.54) is 23.5 Å². The predicted molar refractivity (Wildman–Crippen MR) is 58.1 cm³/mol. The SMILES string of the molecule is O=C(/C=C/C(Cl)(Cl)Cl)c1cccs1. The van der Waals surface area contributed by atoms with Crippen molar-refractivity contribution in [2.75, 3.05) is 0 Å². The molecule has 0 aliphatic carbocycles. The Hall–Kier alpha value is -0.0200. The van der Waals surface area contributed by atoms with Crippen molar-refractivity contribution in [2.24, 2.45) is 0 Å². The zero-order valence-electron chi connectivity index (χ0n) is 6.34. The monoisotopic (exact) mass is 254 g/mol. The van der Waals surface area contributed by atoms with E-state index in [-0.39, 0.29) is 5.78 Å². The average molecular weight is 256 g/mol. The number of rotatable bonds is 2. The second kappa shape index (κ2) is 4.47. The van der Waals surface area contributed by atoms with Crippen LogP contribution in [0.25, 0.3) is 0 Å². The van der Waals surface area contributed by atoms with Gasteiger partial charge in [-0.1, -0.05) is 40.9 Å². The molecular formula is C8H5Cl3OS. The first-order chi connectivity index (χ1) is 5.99. The second-order valence-electron chi connectivity index (χ2n) is 2.22. The van der Waals surface area contributed by atoms with Gasteiger partial charge in [-0.3, -0.25) is 4.79 Å². The minimum absolute atomic E-state index is 0.152. The molecule has 0 N–H and O–H groups in total. The summed E-state index contributed by atoms with van der Waals surface area (Å²) in [6.45, 7) is 0. The highest BCUT2D eigenvalue weighted by molar-refractivity contribution is 7.12. The molecule has 0 amide bonds. The standard InChI is InChI=1S/C8H5Cl3OS/c9-8(10,11)4-3-6(12)7-2-1-5-13-7/h1-5H/b4-3+. The van der Waals surface area contributed by atoms with Gasteiger partial charge in [-0.05, 0) is 23.6 Å². The van der Waals surface area contributed by atoms with Gasteiger partial charge in [-0.2, -0.15) is 0 Å². The van der Waals surface area contributed by atoms with E-state index in [2.05, 4.69) is 0 Å². The Morgan fingerprint density at radius 2 is 2.15 bits per heavy atom. The second-order valence-corrected chi connectivity index (χ2v) is 5.53. The Morgan fingerprint density at radius 1 is 1.46 bits per heavy atom. The molecule has 70 valence electrons. The summed E-state index contributed by atoms with van der Waals surface area (Å²) in [5, 5.41) is 1.82. The zero-order chi connectivity index (χ0) is 9.90. The van der Waals surface area contributed by atoms with Gasteiger partial charge in [0.15, 0.2) is 5.78 Å². The highest BCUT2D eigenvalue weighted by Gasteiger charge is 2.15. The Labute approximate surface area is 94.9 Å². The summed E-state index contributed by atoms with van der Waals surface area (Å²) < 4.78 is -1.51. The summed E-state index contributed by atoms with van der Waals surface area (Å²) in [6.07, 6.45) is 2.50. The molecule has 1 heterocycles. The first-order valence-electron chi connectivity index (χ1n) is 3.33. The molecule has 0 aromatic carbocycles. The van der Waals surface area contributed by atoms with Crippen molar-refractivity contribution in [1.29, 1.82) is 0 Å². The lowest BCUT2D eigenvalue weighted by Gasteiger charge is -2.00.